The number of hydrogen-bond acceptors (Lipinski definition) is 5. The molecule has 0 aliphatic carbocycles. The van der Waals surface area contributed by atoms with Gasteiger partial charge in [-0.15, -0.1) is 0 Å². The van der Waals surface area contributed by atoms with Crippen molar-refractivity contribution in [3.63, 3.8) is 0 Å². The summed E-state index contributed by atoms with van der Waals surface area (Å²) in [6, 6.07) is 14.4. The normalized spacial score (nSPS) is 17.1. The van der Waals surface area contributed by atoms with E-state index in [0.29, 0.717) is 26.3 Å². The monoisotopic (exact) mass is 398 g/mol. The Bertz CT molecular complexity index is 837. The molecule has 0 saturated carbocycles. The lowest BCUT2D eigenvalue weighted by atomic mass is 10.0. The number of carbonyl (C=O) groups is 1. The van der Waals surface area contributed by atoms with Gasteiger partial charge >= 0.3 is 5.97 Å². The molecule has 0 aromatic heterocycles. The first-order valence-electron chi connectivity index (χ1n) is 9.98. The van der Waals surface area contributed by atoms with Crippen LogP contribution < -0.4 is 9.64 Å². The molecule has 6 heteroatoms. The number of rotatable bonds is 8. The van der Waals surface area contributed by atoms with Gasteiger partial charge in [0.1, 0.15) is 12.4 Å². The molecule has 2 aromatic carbocycles. The number of anilines is 1. The Morgan fingerprint density at radius 3 is 2.83 bits per heavy atom. The van der Waals surface area contributed by atoms with E-state index in [9.17, 15) is 4.79 Å². The summed E-state index contributed by atoms with van der Waals surface area (Å²) in [5.74, 6) is 0.0712. The molecule has 1 aliphatic rings. The third-order valence-corrected chi connectivity index (χ3v) is 5.21. The molecule has 1 saturated heterocycles. The van der Waals surface area contributed by atoms with E-state index in [1.165, 1.54) is 0 Å². The van der Waals surface area contributed by atoms with Crippen molar-refractivity contribution in [2.75, 3.05) is 45.2 Å². The molecule has 156 valence electrons. The summed E-state index contributed by atoms with van der Waals surface area (Å²) in [5.41, 5.74) is 4.53. The van der Waals surface area contributed by atoms with Gasteiger partial charge < -0.3 is 19.5 Å². The van der Waals surface area contributed by atoms with Crippen LogP contribution in [0.1, 0.15) is 29.2 Å². The number of aryl methyl sites for hydroxylation is 1. The topological polar surface area (TPSA) is 62.2 Å². The second kappa shape index (κ2) is 9.76. The van der Waals surface area contributed by atoms with Gasteiger partial charge in [-0.1, -0.05) is 18.2 Å². The van der Waals surface area contributed by atoms with Crippen LogP contribution in [0.2, 0.25) is 0 Å². The highest BCUT2D eigenvalue weighted by Gasteiger charge is 2.23. The van der Waals surface area contributed by atoms with E-state index >= 15 is 0 Å². The Morgan fingerprint density at radius 2 is 2.10 bits per heavy atom. The summed E-state index contributed by atoms with van der Waals surface area (Å²) in [6.45, 7) is 5.24. The van der Waals surface area contributed by atoms with E-state index in [0.717, 1.165) is 34.7 Å². The molecule has 1 N–H and O–H groups in total. The lowest BCUT2D eigenvalue weighted by Crippen LogP contribution is -2.39. The Balaban J connectivity index is 1.61. The van der Waals surface area contributed by atoms with Gasteiger partial charge in [0.25, 0.3) is 0 Å². The summed E-state index contributed by atoms with van der Waals surface area (Å²) < 4.78 is 12.0. The van der Waals surface area contributed by atoms with Crippen molar-refractivity contribution in [2.45, 2.75) is 26.1 Å². The molecule has 2 aromatic rings. The molecule has 1 fully saturated rings. The fourth-order valence-electron chi connectivity index (χ4n) is 3.54. The smallest absolute Gasteiger partial charge is 0.304 e. The summed E-state index contributed by atoms with van der Waals surface area (Å²) in [7, 11) is 4.05. The highest BCUT2D eigenvalue weighted by Crippen LogP contribution is 2.28. The second-order valence-corrected chi connectivity index (χ2v) is 7.68. The largest absolute Gasteiger partial charge is 0.489 e. The van der Waals surface area contributed by atoms with E-state index in [4.69, 9.17) is 14.6 Å². The highest BCUT2D eigenvalue weighted by atomic mass is 16.5. The average Bonchev–Trinajstić information content (AvgIpc) is 2.71. The molecule has 1 atom stereocenters. The lowest BCUT2D eigenvalue weighted by molar-refractivity contribution is -0.137. The Morgan fingerprint density at radius 1 is 1.28 bits per heavy atom. The minimum Gasteiger partial charge on any atom is -0.489 e. The van der Waals surface area contributed by atoms with Gasteiger partial charge in [0.15, 0.2) is 0 Å². The first kappa shape index (κ1) is 21.1. The number of nitrogens with zero attached hydrogens (tertiary/aromatic N) is 2. The fraction of sp³-hybridized carbons (Fsp3) is 0.435. The van der Waals surface area contributed by atoms with Crippen molar-refractivity contribution in [3.05, 3.63) is 59.2 Å². The molecule has 0 radical (unpaired) electrons. The summed E-state index contributed by atoms with van der Waals surface area (Å²) in [4.78, 5) is 15.1. The van der Waals surface area contributed by atoms with Crippen LogP contribution in [0.4, 0.5) is 5.69 Å². The molecule has 0 bridgehead atoms. The van der Waals surface area contributed by atoms with Crippen LogP contribution in [0.5, 0.6) is 5.75 Å². The minimum absolute atomic E-state index is 0.0385. The Hall–Kier alpha value is -2.57. The van der Waals surface area contributed by atoms with Crippen LogP contribution in [-0.4, -0.2) is 56.3 Å². The molecular formula is C23H30N2O4. The van der Waals surface area contributed by atoms with Gasteiger partial charge in [-0.3, -0.25) is 9.69 Å². The fourth-order valence-corrected chi connectivity index (χ4v) is 3.54. The third kappa shape index (κ3) is 5.95. The number of carboxylic acids is 1. The molecule has 6 nitrogen and oxygen atoms in total. The maximum Gasteiger partial charge on any atom is 0.304 e. The summed E-state index contributed by atoms with van der Waals surface area (Å²) >= 11 is 0. The zero-order valence-corrected chi connectivity index (χ0v) is 17.4. The Kier molecular flexibility index (Phi) is 7.12. The zero-order chi connectivity index (χ0) is 20.8. The van der Waals surface area contributed by atoms with Crippen LogP contribution in [-0.2, 0) is 16.1 Å². The van der Waals surface area contributed by atoms with E-state index < -0.39 is 5.97 Å². The lowest BCUT2D eigenvalue weighted by Gasteiger charge is -2.33. The minimum atomic E-state index is -0.762. The molecule has 0 spiro atoms. The maximum absolute atomic E-state index is 10.8. The number of carboxylic acid groups (broad SMARTS) is 1. The number of hydrogen-bond donors (Lipinski definition) is 1. The molecule has 1 aliphatic heterocycles. The van der Waals surface area contributed by atoms with Crippen LogP contribution >= 0.6 is 0 Å². The van der Waals surface area contributed by atoms with E-state index in [2.05, 4.69) is 41.0 Å². The van der Waals surface area contributed by atoms with E-state index in [1.54, 1.807) is 0 Å². The molecule has 0 amide bonds. The maximum atomic E-state index is 10.8. The molecular weight excluding hydrogens is 368 g/mol. The molecule has 1 unspecified atom stereocenters. The number of ether oxygens (including phenoxy) is 2. The molecule has 1 heterocycles. The van der Waals surface area contributed by atoms with Gasteiger partial charge in [-0.25, -0.2) is 0 Å². The van der Waals surface area contributed by atoms with Crippen molar-refractivity contribution in [3.8, 4) is 5.75 Å². The highest BCUT2D eigenvalue weighted by molar-refractivity contribution is 5.66. The van der Waals surface area contributed by atoms with Crippen molar-refractivity contribution >= 4 is 11.7 Å². The quantitative estimate of drug-likeness (QED) is 0.735. The van der Waals surface area contributed by atoms with E-state index in [1.807, 2.05) is 32.3 Å². The third-order valence-electron chi connectivity index (χ3n) is 5.21. The number of morpholine rings is 1. The predicted octanol–water partition coefficient (Wildman–Crippen LogP) is 3.49. The van der Waals surface area contributed by atoms with Gasteiger partial charge in [0.2, 0.25) is 0 Å². The van der Waals surface area contributed by atoms with Crippen LogP contribution in [0.3, 0.4) is 0 Å². The average molecular weight is 399 g/mol. The first-order chi connectivity index (χ1) is 13.9. The standard InChI is InChI=1S/C23H30N2O4/c1-17-13-20(29-16-18-5-4-6-19(14-18)24(2)3)7-8-21(17)22-15-25(11-12-28-22)10-9-23(26)27/h4-8,13-14,22H,9-12,15-16H2,1-3H3,(H,26,27). The van der Waals surface area contributed by atoms with Crippen molar-refractivity contribution in [1.82, 2.24) is 4.90 Å². The van der Waals surface area contributed by atoms with Crippen molar-refractivity contribution in [2.24, 2.45) is 0 Å². The first-order valence-corrected chi connectivity index (χ1v) is 9.98. The van der Waals surface area contributed by atoms with Crippen molar-refractivity contribution in [1.29, 1.82) is 0 Å². The number of aliphatic carboxylic acids is 1. The zero-order valence-electron chi connectivity index (χ0n) is 17.4. The van der Waals surface area contributed by atoms with Gasteiger partial charge in [-0.2, -0.15) is 0 Å². The predicted molar refractivity (Wildman–Crippen MR) is 114 cm³/mol. The summed E-state index contributed by atoms with van der Waals surface area (Å²) in [6.07, 6.45) is 0.122. The second-order valence-electron chi connectivity index (χ2n) is 7.68. The van der Waals surface area contributed by atoms with E-state index in [-0.39, 0.29) is 12.5 Å². The summed E-state index contributed by atoms with van der Waals surface area (Å²) in [5, 5.41) is 8.90. The molecule has 3 rings (SSSR count). The SMILES string of the molecule is Cc1cc(OCc2cccc(N(C)C)c2)ccc1C1CN(CCC(=O)O)CCO1. The molecule has 29 heavy (non-hydrogen) atoms. The number of benzene rings is 2. The van der Waals surface area contributed by atoms with Crippen LogP contribution in [0, 0.1) is 6.92 Å². The van der Waals surface area contributed by atoms with Gasteiger partial charge in [0, 0.05) is 39.4 Å². The van der Waals surface area contributed by atoms with Gasteiger partial charge in [0.05, 0.1) is 19.1 Å². The van der Waals surface area contributed by atoms with Crippen LogP contribution in [0.15, 0.2) is 42.5 Å². The van der Waals surface area contributed by atoms with Crippen molar-refractivity contribution < 1.29 is 19.4 Å². The van der Waals surface area contributed by atoms with Gasteiger partial charge in [-0.05, 0) is 47.9 Å². The Labute approximate surface area is 172 Å². The van der Waals surface area contributed by atoms with Crippen LogP contribution in [0.25, 0.3) is 0 Å².